The van der Waals surface area contributed by atoms with Crippen molar-refractivity contribution in [3.8, 4) is 0 Å². The SMILES string of the molecule is CCC(COCO)N1CSCSC1. The minimum Gasteiger partial charge on any atom is -0.371 e. The molecule has 1 rings (SSSR count). The summed E-state index contributed by atoms with van der Waals surface area (Å²) in [6, 6.07) is 0.465. The number of aliphatic hydroxyl groups is 1. The molecule has 13 heavy (non-hydrogen) atoms. The fourth-order valence-electron chi connectivity index (χ4n) is 1.29. The fourth-order valence-corrected chi connectivity index (χ4v) is 3.54. The van der Waals surface area contributed by atoms with Crippen LogP contribution in [-0.4, -0.2) is 46.3 Å². The summed E-state index contributed by atoms with van der Waals surface area (Å²) in [7, 11) is 0. The molecule has 0 radical (unpaired) electrons. The van der Waals surface area contributed by atoms with Gasteiger partial charge in [0, 0.05) is 22.9 Å². The van der Waals surface area contributed by atoms with E-state index < -0.39 is 0 Å². The highest BCUT2D eigenvalue weighted by Gasteiger charge is 2.19. The first-order valence-corrected chi connectivity index (χ1v) is 6.77. The van der Waals surface area contributed by atoms with Gasteiger partial charge >= 0.3 is 0 Å². The van der Waals surface area contributed by atoms with E-state index >= 15 is 0 Å². The third kappa shape index (κ3) is 4.08. The standard InChI is InChI=1S/C8H17NO2S2/c1-2-8(3-11-6-10)9-4-12-7-13-5-9/h8,10H,2-7H2,1H3. The third-order valence-electron chi connectivity index (χ3n) is 2.07. The van der Waals surface area contributed by atoms with Crippen LogP contribution in [0.15, 0.2) is 0 Å². The van der Waals surface area contributed by atoms with Crippen LogP contribution >= 0.6 is 23.5 Å². The van der Waals surface area contributed by atoms with Gasteiger partial charge in [-0.3, -0.25) is 4.90 Å². The largest absolute Gasteiger partial charge is 0.371 e. The minimum absolute atomic E-state index is 0.162. The molecule has 0 amide bonds. The van der Waals surface area contributed by atoms with Gasteiger partial charge in [-0.15, -0.1) is 23.5 Å². The van der Waals surface area contributed by atoms with Gasteiger partial charge in [0.1, 0.15) is 6.79 Å². The van der Waals surface area contributed by atoms with Crippen LogP contribution in [0.4, 0.5) is 0 Å². The van der Waals surface area contributed by atoms with E-state index in [1.807, 2.05) is 23.5 Å². The lowest BCUT2D eigenvalue weighted by atomic mass is 10.2. The van der Waals surface area contributed by atoms with Crippen LogP contribution in [-0.2, 0) is 4.74 Å². The van der Waals surface area contributed by atoms with E-state index in [2.05, 4.69) is 11.8 Å². The van der Waals surface area contributed by atoms with E-state index in [9.17, 15) is 0 Å². The molecule has 0 aromatic rings. The van der Waals surface area contributed by atoms with Gasteiger partial charge < -0.3 is 9.84 Å². The first-order valence-electron chi connectivity index (χ1n) is 4.46. The Morgan fingerprint density at radius 2 is 2.15 bits per heavy atom. The van der Waals surface area contributed by atoms with Gasteiger partial charge in [0.2, 0.25) is 0 Å². The van der Waals surface area contributed by atoms with E-state index in [-0.39, 0.29) is 6.79 Å². The van der Waals surface area contributed by atoms with Gasteiger partial charge in [-0.1, -0.05) is 6.92 Å². The summed E-state index contributed by atoms with van der Waals surface area (Å²) in [5.41, 5.74) is 0. The average Bonchev–Trinajstić information content (AvgIpc) is 2.21. The summed E-state index contributed by atoms with van der Waals surface area (Å²) in [5, 5.41) is 9.76. The number of ether oxygens (including phenoxy) is 1. The van der Waals surface area contributed by atoms with Crippen molar-refractivity contribution in [3.05, 3.63) is 0 Å². The molecule has 0 aliphatic carbocycles. The molecule has 1 unspecified atom stereocenters. The van der Waals surface area contributed by atoms with Crippen molar-refractivity contribution in [3.63, 3.8) is 0 Å². The molecule has 78 valence electrons. The molecule has 1 fully saturated rings. The third-order valence-corrected chi connectivity index (χ3v) is 4.43. The number of hydrogen-bond acceptors (Lipinski definition) is 5. The maximum absolute atomic E-state index is 8.56. The van der Waals surface area contributed by atoms with Crippen molar-refractivity contribution in [2.24, 2.45) is 0 Å². The predicted molar refractivity (Wildman–Crippen MR) is 58.7 cm³/mol. The first kappa shape index (κ1) is 11.7. The fraction of sp³-hybridized carbons (Fsp3) is 1.00. The predicted octanol–water partition coefficient (Wildman–Crippen LogP) is 1.39. The van der Waals surface area contributed by atoms with Crippen LogP contribution in [0.1, 0.15) is 13.3 Å². The zero-order valence-electron chi connectivity index (χ0n) is 7.94. The van der Waals surface area contributed by atoms with Crippen LogP contribution in [0.2, 0.25) is 0 Å². The summed E-state index contributed by atoms with van der Waals surface area (Å²) >= 11 is 3.90. The van der Waals surface area contributed by atoms with Gasteiger partial charge in [0.05, 0.1) is 6.61 Å². The van der Waals surface area contributed by atoms with Crippen molar-refractivity contribution in [2.45, 2.75) is 19.4 Å². The lowest BCUT2D eigenvalue weighted by Crippen LogP contribution is -2.39. The summed E-state index contributed by atoms with van der Waals surface area (Å²) < 4.78 is 5.04. The van der Waals surface area contributed by atoms with Crippen molar-refractivity contribution in [1.29, 1.82) is 0 Å². The zero-order chi connectivity index (χ0) is 9.52. The summed E-state index contributed by atoms with van der Waals surface area (Å²) in [5.74, 6) is 2.20. The van der Waals surface area contributed by atoms with Gasteiger partial charge in [0.15, 0.2) is 0 Å². The second-order valence-electron chi connectivity index (χ2n) is 2.94. The molecule has 1 saturated heterocycles. The Labute approximate surface area is 88.2 Å². The van der Waals surface area contributed by atoms with Gasteiger partial charge in [0.25, 0.3) is 0 Å². The highest BCUT2D eigenvalue weighted by atomic mass is 32.2. The molecule has 0 saturated carbocycles. The maximum Gasteiger partial charge on any atom is 0.143 e. The lowest BCUT2D eigenvalue weighted by Gasteiger charge is -2.32. The molecule has 0 spiro atoms. The second-order valence-corrected chi connectivity index (χ2v) is 5.21. The lowest BCUT2D eigenvalue weighted by molar-refractivity contribution is -0.0249. The van der Waals surface area contributed by atoms with Gasteiger partial charge in [-0.05, 0) is 6.42 Å². The van der Waals surface area contributed by atoms with Gasteiger partial charge in [-0.25, -0.2) is 0 Å². The number of hydrogen-bond donors (Lipinski definition) is 1. The Bertz CT molecular complexity index is 131. The molecule has 0 bridgehead atoms. The second kappa shape index (κ2) is 6.95. The monoisotopic (exact) mass is 223 g/mol. The molecule has 1 atom stereocenters. The van der Waals surface area contributed by atoms with Gasteiger partial charge in [-0.2, -0.15) is 0 Å². The number of rotatable bonds is 5. The Kier molecular flexibility index (Phi) is 6.23. The first-order chi connectivity index (χ1) is 6.38. The van der Waals surface area contributed by atoms with Crippen LogP contribution in [0.3, 0.4) is 0 Å². The van der Waals surface area contributed by atoms with Crippen molar-refractivity contribution < 1.29 is 9.84 Å². The van der Waals surface area contributed by atoms with E-state index in [1.54, 1.807) is 0 Å². The van der Waals surface area contributed by atoms with Crippen molar-refractivity contribution >= 4 is 23.5 Å². The zero-order valence-corrected chi connectivity index (χ0v) is 9.57. The summed E-state index contributed by atoms with van der Waals surface area (Å²) in [6.45, 7) is 2.65. The van der Waals surface area contributed by atoms with E-state index in [0.29, 0.717) is 12.6 Å². The summed E-state index contributed by atoms with van der Waals surface area (Å²) in [4.78, 5) is 2.41. The average molecular weight is 223 g/mol. The number of aliphatic hydroxyl groups excluding tert-OH is 1. The Balaban J connectivity index is 2.26. The molecular formula is C8H17NO2S2. The molecule has 1 aliphatic heterocycles. The van der Waals surface area contributed by atoms with Crippen molar-refractivity contribution in [2.75, 3.05) is 30.2 Å². The van der Waals surface area contributed by atoms with Crippen LogP contribution in [0, 0.1) is 0 Å². The number of thioether (sulfide) groups is 2. The highest BCUT2D eigenvalue weighted by molar-refractivity contribution is 8.16. The molecule has 3 nitrogen and oxygen atoms in total. The summed E-state index contributed by atoms with van der Waals surface area (Å²) in [6.07, 6.45) is 1.08. The highest BCUT2D eigenvalue weighted by Crippen LogP contribution is 2.24. The Morgan fingerprint density at radius 3 is 2.69 bits per heavy atom. The Morgan fingerprint density at radius 1 is 1.46 bits per heavy atom. The van der Waals surface area contributed by atoms with E-state index in [0.717, 1.165) is 18.2 Å². The molecule has 0 aromatic carbocycles. The van der Waals surface area contributed by atoms with Crippen LogP contribution < -0.4 is 0 Å². The van der Waals surface area contributed by atoms with Crippen LogP contribution in [0.5, 0.6) is 0 Å². The van der Waals surface area contributed by atoms with Crippen molar-refractivity contribution in [1.82, 2.24) is 4.90 Å². The number of nitrogens with zero attached hydrogens (tertiary/aromatic N) is 1. The van der Waals surface area contributed by atoms with E-state index in [4.69, 9.17) is 9.84 Å². The minimum atomic E-state index is -0.162. The molecule has 1 aliphatic rings. The maximum atomic E-state index is 8.56. The molecule has 1 heterocycles. The van der Waals surface area contributed by atoms with Crippen LogP contribution in [0.25, 0.3) is 0 Å². The molecule has 0 aromatic heterocycles. The quantitative estimate of drug-likeness (QED) is 0.712. The smallest absolute Gasteiger partial charge is 0.143 e. The molecule has 1 N–H and O–H groups in total. The topological polar surface area (TPSA) is 32.7 Å². The normalized spacial score (nSPS) is 21.7. The van der Waals surface area contributed by atoms with E-state index in [1.165, 1.54) is 5.08 Å². The Hall–Kier alpha value is 0.580. The molecular weight excluding hydrogens is 206 g/mol. The molecule has 5 heteroatoms.